The highest BCUT2D eigenvalue weighted by atomic mass is 16.2. The van der Waals surface area contributed by atoms with Gasteiger partial charge in [0.1, 0.15) is 0 Å². The molecule has 0 saturated carbocycles. The topological polar surface area (TPSA) is 87.3 Å². The molecule has 0 saturated heterocycles. The average Bonchev–Trinajstić information content (AvgIpc) is 2.61. The van der Waals surface area contributed by atoms with Crippen LogP contribution in [0.15, 0.2) is 42.5 Å². The van der Waals surface area contributed by atoms with E-state index in [1.807, 2.05) is 19.9 Å². The van der Waals surface area contributed by atoms with E-state index in [-0.39, 0.29) is 16.9 Å². The summed E-state index contributed by atoms with van der Waals surface area (Å²) in [5, 5.41) is 2.31. The molecular formula is C18H19N3O3. The number of hydrogen-bond donors (Lipinski definition) is 3. The van der Waals surface area contributed by atoms with Gasteiger partial charge >= 0.3 is 6.03 Å². The molecule has 0 radical (unpaired) electrons. The average molecular weight is 325 g/mol. The zero-order valence-corrected chi connectivity index (χ0v) is 13.8. The third kappa shape index (κ3) is 3.78. The van der Waals surface area contributed by atoms with Crippen molar-refractivity contribution in [1.82, 2.24) is 16.2 Å². The van der Waals surface area contributed by atoms with Gasteiger partial charge in [-0.1, -0.05) is 30.3 Å². The van der Waals surface area contributed by atoms with E-state index in [9.17, 15) is 14.4 Å². The molecule has 0 fully saturated rings. The molecule has 0 aromatic heterocycles. The van der Waals surface area contributed by atoms with Gasteiger partial charge in [0.05, 0.1) is 5.56 Å². The van der Waals surface area contributed by atoms with Crippen molar-refractivity contribution in [2.45, 2.75) is 13.8 Å². The number of carbonyl (C=O) groups is 3. The molecule has 3 amide bonds. The lowest BCUT2D eigenvalue weighted by Crippen LogP contribution is -2.46. The lowest BCUT2D eigenvalue weighted by atomic mass is 9.96. The van der Waals surface area contributed by atoms with Gasteiger partial charge in [-0.25, -0.2) is 10.2 Å². The molecule has 24 heavy (non-hydrogen) atoms. The van der Waals surface area contributed by atoms with Crippen molar-refractivity contribution in [3.8, 4) is 0 Å². The minimum atomic E-state index is -0.564. The largest absolute Gasteiger partial charge is 0.340 e. The molecule has 0 aliphatic rings. The summed E-state index contributed by atoms with van der Waals surface area (Å²) < 4.78 is 0. The van der Waals surface area contributed by atoms with Crippen LogP contribution in [-0.2, 0) is 0 Å². The number of ketones is 1. The summed E-state index contributed by atoms with van der Waals surface area (Å²) in [7, 11) is 1.43. The maximum absolute atomic E-state index is 12.7. The van der Waals surface area contributed by atoms with Crippen LogP contribution in [0.1, 0.15) is 37.4 Å². The lowest BCUT2D eigenvalue weighted by Gasteiger charge is -2.11. The molecule has 6 nitrogen and oxygen atoms in total. The number of aryl methyl sites for hydroxylation is 2. The van der Waals surface area contributed by atoms with Gasteiger partial charge in [-0.05, 0) is 37.1 Å². The number of urea groups is 1. The van der Waals surface area contributed by atoms with E-state index in [0.717, 1.165) is 11.1 Å². The van der Waals surface area contributed by atoms with E-state index in [0.29, 0.717) is 5.56 Å². The van der Waals surface area contributed by atoms with Gasteiger partial charge in [-0.15, -0.1) is 0 Å². The van der Waals surface area contributed by atoms with Crippen molar-refractivity contribution in [3.63, 3.8) is 0 Å². The van der Waals surface area contributed by atoms with E-state index in [4.69, 9.17) is 0 Å². The van der Waals surface area contributed by atoms with Gasteiger partial charge in [0.2, 0.25) is 0 Å². The second-order valence-corrected chi connectivity index (χ2v) is 5.33. The standard InChI is InChI=1S/C18H19N3O3/c1-11-8-9-13(10-12(11)2)16(22)14-6-4-5-7-15(14)17(23)20-21-18(24)19-3/h4-10H,1-3H3,(H,20,23)(H2,19,21,24). The summed E-state index contributed by atoms with van der Waals surface area (Å²) in [6, 6.07) is 11.3. The van der Waals surface area contributed by atoms with E-state index in [2.05, 4.69) is 16.2 Å². The zero-order chi connectivity index (χ0) is 17.7. The first kappa shape index (κ1) is 17.2. The van der Waals surface area contributed by atoms with Crippen LogP contribution in [0.4, 0.5) is 4.79 Å². The molecular weight excluding hydrogens is 306 g/mol. The fraction of sp³-hybridized carbons (Fsp3) is 0.167. The first-order chi connectivity index (χ1) is 11.4. The number of nitrogens with one attached hydrogen (secondary N) is 3. The highest BCUT2D eigenvalue weighted by molar-refractivity contribution is 6.15. The Labute approximate surface area is 140 Å². The van der Waals surface area contributed by atoms with E-state index in [1.165, 1.54) is 13.1 Å². The van der Waals surface area contributed by atoms with Crippen molar-refractivity contribution in [2.75, 3.05) is 7.05 Å². The lowest BCUT2D eigenvalue weighted by molar-refractivity contribution is 0.0927. The second-order valence-electron chi connectivity index (χ2n) is 5.33. The van der Waals surface area contributed by atoms with E-state index < -0.39 is 11.9 Å². The maximum atomic E-state index is 12.7. The van der Waals surface area contributed by atoms with Gasteiger partial charge in [0, 0.05) is 18.2 Å². The molecule has 3 N–H and O–H groups in total. The summed E-state index contributed by atoms with van der Waals surface area (Å²) in [6.07, 6.45) is 0. The minimum absolute atomic E-state index is 0.192. The van der Waals surface area contributed by atoms with Crippen LogP contribution in [0, 0.1) is 13.8 Å². The van der Waals surface area contributed by atoms with Crippen LogP contribution in [0.5, 0.6) is 0 Å². The molecule has 0 heterocycles. The van der Waals surface area contributed by atoms with Crippen molar-refractivity contribution >= 4 is 17.7 Å². The smallest absolute Gasteiger partial charge is 0.333 e. The number of hydrazine groups is 1. The number of hydrogen-bond acceptors (Lipinski definition) is 3. The minimum Gasteiger partial charge on any atom is -0.340 e. The van der Waals surface area contributed by atoms with Crippen molar-refractivity contribution < 1.29 is 14.4 Å². The fourth-order valence-corrected chi connectivity index (χ4v) is 2.16. The van der Waals surface area contributed by atoms with Crippen LogP contribution >= 0.6 is 0 Å². The summed E-state index contributed by atoms with van der Waals surface area (Å²) >= 11 is 0. The number of amides is 3. The number of carbonyl (C=O) groups excluding carboxylic acids is 3. The van der Waals surface area contributed by atoms with Crippen LogP contribution in [0.25, 0.3) is 0 Å². The molecule has 0 atom stereocenters. The zero-order valence-electron chi connectivity index (χ0n) is 13.8. The number of benzene rings is 2. The monoisotopic (exact) mass is 325 g/mol. The third-order valence-corrected chi connectivity index (χ3v) is 3.70. The van der Waals surface area contributed by atoms with E-state index in [1.54, 1.807) is 30.3 Å². The van der Waals surface area contributed by atoms with Gasteiger partial charge < -0.3 is 5.32 Å². The molecule has 124 valence electrons. The Hall–Kier alpha value is -3.15. The molecule has 0 bridgehead atoms. The normalized spacial score (nSPS) is 9.96. The molecule has 2 aromatic rings. The fourth-order valence-electron chi connectivity index (χ4n) is 2.16. The molecule has 0 spiro atoms. The molecule has 0 unspecified atom stereocenters. The first-order valence-corrected chi connectivity index (χ1v) is 7.43. The number of rotatable bonds is 3. The van der Waals surface area contributed by atoms with Gasteiger partial charge in [-0.3, -0.25) is 15.0 Å². The highest BCUT2D eigenvalue weighted by Gasteiger charge is 2.18. The predicted molar refractivity (Wildman–Crippen MR) is 90.8 cm³/mol. The Morgan fingerprint density at radius 3 is 2.12 bits per heavy atom. The van der Waals surface area contributed by atoms with Crippen LogP contribution in [-0.4, -0.2) is 24.8 Å². The summed E-state index contributed by atoms with van der Waals surface area (Å²) in [6.45, 7) is 3.90. The summed E-state index contributed by atoms with van der Waals surface area (Å²) in [5.41, 5.74) is 7.53. The Kier molecular flexibility index (Phi) is 5.31. The summed E-state index contributed by atoms with van der Waals surface area (Å²) in [4.78, 5) is 36.1. The molecule has 0 aliphatic carbocycles. The highest BCUT2D eigenvalue weighted by Crippen LogP contribution is 2.17. The van der Waals surface area contributed by atoms with Gasteiger partial charge in [-0.2, -0.15) is 0 Å². The summed E-state index contributed by atoms with van der Waals surface area (Å²) in [5.74, 6) is -0.810. The Morgan fingerprint density at radius 1 is 0.833 bits per heavy atom. The van der Waals surface area contributed by atoms with Gasteiger partial charge in [0.15, 0.2) is 5.78 Å². The predicted octanol–water partition coefficient (Wildman–Crippen LogP) is 2.11. The Balaban J connectivity index is 2.30. The SMILES string of the molecule is CNC(=O)NNC(=O)c1ccccc1C(=O)c1ccc(C)c(C)c1. The second kappa shape index (κ2) is 7.41. The Bertz CT molecular complexity index is 800. The molecule has 2 aromatic carbocycles. The molecule has 6 heteroatoms. The first-order valence-electron chi connectivity index (χ1n) is 7.43. The van der Waals surface area contributed by atoms with Crippen LogP contribution in [0.2, 0.25) is 0 Å². The van der Waals surface area contributed by atoms with Crippen molar-refractivity contribution in [3.05, 3.63) is 70.3 Å². The van der Waals surface area contributed by atoms with Crippen LogP contribution in [0.3, 0.4) is 0 Å². The quantitative estimate of drug-likeness (QED) is 0.596. The van der Waals surface area contributed by atoms with Crippen LogP contribution < -0.4 is 16.2 Å². The Morgan fingerprint density at radius 2 is 1.50 bits per heavy atom. The van der Waals surface area contributed by atoms with E-state index >= 15 is 0 Å². The third-order valence-electron chi connectivity index (χ3n) is 3.70. The molecule has 0 aliphatic heterocycles. The van der Waals surface area contributed by atoms with Crippen molar-refractivity contribution in [1.29, 1.82) is 0 Å². The maximum Gasteiger partial charge on any atom is 0.333 e. The van der Waals surface area contributed by atoms with Gasteiger partial charge in [0.25, 0.3) is 5.91 Å². The van der Waals surface area contributed by atoms with Crippen molar-refractivity contribution in [2.24, 2.45) is 0 Å². The molecule has 2 rings (SSSR count).